The largest absolute Gasteiger partial charge is 0.474 e. The van der Waals surface area contributed by atoms with Crippen LogP contribution in [0.4, 0.5) is 10.7 Å². The highest BCUT2D eigenvalue weighted by Crippen LogP contribution is 2.34. The van der Waals surface area contributed by atoms with E-state index in [1.165, 1.54) is 37.5 Å². The summed E-state index contributed by atoms with van der Waals surface area (Å²) in [5.41, 5.74) is 6.64. The third kappa shape index (κ3) is 5.92. The molecule has 0 saturated carbocycles. The first-order valence-electron chi connectivity index (χ1n) is 9.58. The van der Waals surface area contributed by atoms with Crippen LogP contribution in [0.15, 0.2) is 18.2 Å². The number of anilines is 1. The zero-order valence-corrected chi connectivity index (χ0v) is 19.9. The molecule has 12 heteroatoms. The molecule has 32 heavy (non-hydrogen) atoms. The van der Waals surface area contributed by atoms with Gasteiger partial charge >= 0.3 is 11.7 Å². The van der Waals surface area contributed by atoms with Gasteiger partial charge in [0.15, 0.2) is 17.0 Å². The van der Waals surface area contributed by atoms with Crippen LogP contribution in [-0.4, -0.2) is 35.1 Å². The van der Waals surface area contributed by atoms with E-state index < -0.39 is 22.9 Å². The highest BCUT2D eigenvalue weighted by Gasteiger charge is 2.24. The Morgan fingerprint density at radius 2 is 1.97 bits per heavy atom. The van der Waals surface area contributed by atoms with E-state index in [1.54, 1.807) is 13.0 Å². The lowest BCUT2D eigenvalue weighted by Crippen LogP contribution is -2.48. The van der Waals surface area contributed by atoms with Crippen molar-refractivity contribution in [3.8, 4) is 5.75 Å². The number of rotatable bonds is 7. The third-order valence-electron chi connectivity index (χ3n) is 4.46. The van der Waals surface area contributed by atoms with Crippen LogP contribution in [0.3, 0.4) is 0 Å². The zero-order chi connectivity index (χ0) is 24.0. The predicted octanol–water partition coefficient (Wildman–Crippen LogP) is 3.41. The molecule has 0 aliphatic rings. The van der Waals surface area contributed by atoms with Crippen LogP contribution in [0, 0.1) is 24.0 Å². The Morgan fingerprint density at radius 1 is 1.28 bits per heavy atom. The fourth-order valence-electron chi connectivity index (χ4n) is 2.88. The van der Waals surface area contributed by atoms with E-state index in [-0.39, 0.29) is 16.5 Å². The Bertz CT molecular complexity index is 1050. The van der Waals surface area contributed by atoms with Crippen LogP contribution < -0.4 is 20.9 Å². The minimum Gasteiger partial charge on any atom is -0.474 e. The summed E-state index contributed by atoms with van der Waals surface area (Å²) in [4.78, 5) is 36.1. The number of methoxy groups -OCH3 is 1. The van der Waals surface area contributed by atoms with E-state index in [0.717, 1.165) is 10.4 Å². The second-order valence-corrected chi connectivity index (χ2v) is 8.38. The molecule has 0 saturated heterocycles. The molecule has 1 amide bonds. The number of nitro benzene ring substituents is 1. The second kappa shape index (κ2) is 10.9. The number of nitrogens with one attached hydrogen (secondary N) is 3. The van der Waals surface area contributed by atoms with E-state index in [0.29, 0.717) is 22.5 Å². The van der Waals surface area contributed by atoms with Gasteiger partial charge in [-0.25, -0.2) is 4.79 Å². The molecule has 0 aliphatic carbocycles. The number of thiophene rings is 1. The number of hydrazine groups is 1. The zero-order valence-electron chi connectivity index (χ0n) is 18.2. The molecule has 0 aliphatic heterocycles. The molecular weight excluding hydrogens is 456 g/mol. The average Bonchev–Trinajstić information content (AvgIpc) is 3.06. The maximum atomic E-state index is 12.4. The summed E-state index contributed by atoms with van der Waals surface area (Å²) >= 11 is 6.54. The lowest BCUT2D eigenvalue weighted by atomic mass is 10.1. The molecule has 0 bridgehead atoms. The Balaban J connectivity index is 2.01. The maximum Gasteiger partial charge on any atom is 0.341 e. The number of esters is 1. The van der Waals surface area contributed by atoms with Gasteiger partial charge in [-0.2, -0.15) is 0 Å². The van der Waals surface area contributed by atoms with Crippen molar-refractivity contribution in [2.45, 2.75) is 40.2 Å². The molecule has 0 fully saturated rings. The van der Waals surface area contributed by atoms with Crippen LogP contribution in [-0.2, 0) is 16.0 Å². The van der Waals surface area contributed by atoms with Gasteiger partial charge in [0.25, 0.3) is 5.91 Å². The number of aryl methyl sites for hydroxylation is 2. The molecule has 1 atom stereocenters. The van der Waals surface area contributed by atoms with Crippen molar-refractivity contribution in [1.29, 1.82) is 0 Å². The van der Waals surface area contributed by atoms with Gasteiger partial charge in [-0.05, 0) is 56.6 Å². The summed E-state index contributed by atoms with van der Waals surface area (Å²) in [6, 6.07) is 4.45. The van der Waals surface area contributed by atoms with Crippen molar-refractivity contribution in [3.05, 3.63) is 49.9 Å². The van der Waals surface area contributed by atoms with E-state index in [1.807, 2.05) is 13.8 Å². The molecule has 1 heterocycles. The molecular formula is C20H24N4O6S2. The molecule has 1 aromatic carbocycles. The van der Waals surface area contributed by atoms with Crippen LogP contribution in [0.25, 0.3) is 0 Å². The quantitative estimate of drug-likeness (QED) is 0.236. The number of benzene rings is 1. The summed E-state index contributed by atoms with van der Waals surface area (Å²) in [5.74, 6) is -1.11. The molecule has 2 aromatic rings. The SMILES string of the molecule is CCc1c(C)sc(NC(=S)NNC(=O)[C@H](C)Oc2ccc(C)cc2[N+](=O)[O-])c1C(=O)OC. The summed E-state index contributed by atoms with van der Waals surface area (Å²) < 4.78 is 10.3. The number of thiocarbonyl (C=S) groups is 1. The maximum absolute atomic E-state index is 12.4. The molecule has 172 valence electrons. The van der Waals surface area contributed by atoms with Crippen molar-refractivity contribution >= 4 is 51.2 Å². The van der Waals surface area contributed by atoms with Gasteiger partial charge in [-0.3, -0.25) is 25.8 Å². The number of ether oxygens (including phenoxy) is 2. The van der Waals surface area contributed by atoms with Crippen molar-refractivity contribution in [3.63, 3.8) is 0 Å². The second-order valence-electron chi connectivity index (χ2n) is 6.74. The molecule has 1 aromatic heterocycles. The molecule has 0 spiro atoms. The molecule has 2 rings (SSSR count). The van der Waals surface area contributed by atoms with Gasteiger partial charge in [0.1, 0.15) is 5.00 Å². The number of nitrogens with zero attached hydrogens (tertiary/aromatic N) is 1. The van der Waals surface area contributed by atoms with Crippen molar-refractivity contribution in [2.75, 3.05) is 12.4 Å². The average molecular weight is 481 g/mol. The number of carbonyl (C=O) groups is 2. The fourth-order valence-corrected chi connectivity index (χ4v) is 4.23. The van der Waals surface area contributed by atoms with E-state index in [9.17, 15) is 19.7 Å². The molecule has 3 N–H and O–H groups in total. The summed E-state index contributed by atoms with van der Waals surface area (Å²) in [7, 11) is 1.30. The standard InChI is InChI=1S/C20H24N4O6S2/c1-6-13-12(4)32-18(16(13)19(26)29-5)21-20(31)23-22-17(25)11(3)30-15-8-7-10(2)9-14(15)24(27)28/h7-9,11H,6H2,1-5H3,(H,22,25)(H2,21,23,31)/t11-/m0/s1. The Hall–Kier alpha value is -3.25. The van der Waals surface area contributed by atoms with Gasteiger partial charge in [-0.15, -0.1) is 11.3 Å². The fraction of sp³-hybridized carbons (Fsp3) is 0.350. The van der Waals surface area contributed by atoms with Crippen molar-refractivity contribution in [2.24, 2.45) is 0 Å². The van der Waals surface area contributed by atoms with Crippen LogP contribution in [0.2, 0.25) is 0 Å². The van der Waals surface area contributed by atoms with Crippen LogP contribution in [0.5, 0.6) is 5.75 Å². The lowest BCUT2D eigenvalue weighted by molar-refractivity contribution is -0.386. The van der Waals surface area contributed by atoms with E-state index >= 15 is 0 Å². The summed E-state index contributed by atoms with van der Waals surface area (Å²) in [5, 5.41) is 14.6. The molecule has 0 radical (unpaired) electrons. The van der Waals surface area contributed by atoms with Crippen molar-refractivity contribution in [1.82, 2.24) is 10.9 Å². The number of nitro groups is 1. The normalized spacial score (nSPS) is 11.3. The Kier molecular flexibility index (Phi) is 8.49. The van der Waals surface area contributed by atoms with E-state index in [4.69, 9.17) is 21.7 Å². The first kappa shape index (κ1) is 25.0. The number of hydrogen-bond acceptors (Lipinski definition) is 8. The van der Waals surface area contributed by atoms with Gasteiger partial charge in [0, 0.05) is 10.9 Å². The lowest BCUT2D eigenvalue weighted by Gasteiger charge is -2.16. The van der Waals surface area contributed by atoms with Gasteiger partial charge in [0.2, 0.25) is 0 Å². The molecule has 10 nitrogen and oxygen atoms in total. The van der Waals surface area contributed by atoms with Gasteiger partial charge < -0.3 is 14.8 Å². The van der Waals surface area contributed by atoms with Gasteiger partial charge in [0.05, 0.1) is 17.6 Å². The monoisotopic (exact) mass is 480 g/mol. The highest BCUT2D eigenvalue weighted by atomic mass is 32.1. The third-order valence-corrected chi connectivity index (χ3v) is 5.73. The van der Waals surface area contributed by atoms with E-state index in [2.05, 4.69) is 16.2 Å². The minimum atomic E-state index is -1.05. The highest BCUT2D eigenvalue weighted by molar-refractivity contribution is 7.80. The Labute approximate surface area is 194 Å². The van der Waals surface area contributed by atoms with Crippen LogP contribution in [0.1, 0.15) is 40.2 Å². The number of hydrogen-bond donors (Lipinski definition) is 3. The Morgan fingerprint density at radius 3 is 2.56 bits per heavy atom. The smallest absolute Gasteiger partial charge is 0.341 e. The first-order valence-corrected chi connectivity index (χ1v) is 10.8. The van der Waals surface area contributed by atoms with Crippen molar-refractivity contribution < 1.29 is 24.0 Å². The summed E-state index contributed by atoms with van der Waals surface area (Å²) in [6.07, 6.45) is -0.404. The number of amides is 1. The van der Waals surface area contributed by atoms with Crippen LogP contribution >= 0.6 is 23.6 Å². The topological polar surface area (TPSA) is 132 Å². The van der Waals surface area contributed by atoms with Gasteiger partial charge in [-0.1, -0.05) is 13.0 Å². The summed E-state index contributed by atoms with van der Waals surface area (Å²) in [6.45, 7) is 6.99. The number of carbonyl (C=O) groups excluding carboxylic acids is 2. The predicted molar refractivity (Wildman–Crippen MR) is 125 cm³/mol. The first-order chi connectivity index (χ1) is 15.1. The minimum absolute atomic E-state index is 0.0205. The molecule has 0 unspecified atom stereocenters.